The summed E-state index contributed by atoms with van der Waals surface area (Å²) in [5, 5.41) is 6.07. The van der Waals surface area contributed by atoms with Crippen molar-refractivity contribution in [2.45, 2.75) is 37.6 Å². The molecule has 0 unspecified atom stereocenters. The topological polar surface area (TPSA) is 132 Å². The number of fused-ring (bicyclic) bond motifs is 1. The summed E-state index contributed by atoms with van der Waals surface area (Å²) in [7, 11) is -3.44. The number of esters is 1. The first-order valence-corrected chi connectivity index (χ1v) is 12.7. The Hall–Kier alpha value is -3.22. The zero-order valence-electron chi connectivity index (χ0n) is 19.8. The zero-order valence-corrected chi connectivity index (χ0v) is 21.4. The second kappa shape index (κ2) is 9.68. The highest BCUT2D eigenvalue weighted by atomic mass is 35.5. The van der Waals surface area contributed by atoms with Crippen LogP contribution >= 0.6 is 11.6 Å². The third-order valence-corrected chi connectivity index (χ3v) is 8.42. The van der Waals surface area contributed by atoms with Crippen molar-refractivity contribution in [3.63, 3.8) is 0 Å². The van der Waals surface area contributed by atoms with Crippen LogP contribution in [0.15, 0.2) is 38.4 Å². The number of rotatable bonds is 5. The van der Waals surface area contributed by atoms with Gasteiger partial charge in [-0.25, -0.2) is 27.5 Å². The first-order chi connectivity index (χ1) is 17.0. The lowest BCUT2D eigenvalue weighted by molar-refractivity contribution is 0.0595. The number of benzene rings is 2. The first kappa shape index (κ1) is 25.9. The zero-order chi connectivity index (χ0) is 26.4. The van der Waals surface area contributed by atoms with Gasteiger partial charge in [0.2, 0.25) is 15.9 Å². The SMILES string of the molecule is COC(=O)c1cc(Cl)cc2c1S(=O)(=O)N([C@H](c1n[nH]c(=O)o1)[C@H](C)c1c(F)ccc(C)c1C)CCO2. The lowest BCUT2D eigenvalue weighted by Gasteiger charge is -2.32. The van der Waals surface area contributed by atoms with Crippen LogP contribution in [0.25, 0.3) is 0 Å². The van der Waals surface area contributed by atoms with Crippen molar-refractivity contribution < 1.29 is 31.5 Å². The molecule has 0 aliphatic carbocycles. The summed E-state index contributed by atoms with van der Waals surface area (Å²) in [5.74, 6) is -3.69. The maximum Gasteiger partial charge on any atom is 0.434 e. The number of carbonyl (C=O) groups excluding carboxylic acids is 1. The molecule has 1 N–H and O–H groups in total. The molecule has 0 fully saturated rings. The highest BCUT2D eigenvalue weighted by Gasteiger charge is 2.44. The summed E-state index contributed by atoms with van der Waals surface area (Å²) >= 11 is 6.11. The van der Waals surface area contributed by atoms with E-state index in [9.17, 15) is 18.0 Å². The Morgan fingerprint density at radius 3 is 2.67 bits per heavy atom. The van der Waals surface area contributed by atoms with E-state index in [1.54, 1.807) is 26.8 Å². The van der Waals surface area contributed by atoms with E-state index in [2.05, 4.69) is 10.2 Å². The van der Waals surface area contributed by atoms with Gasteiger partial charge >= 0.3 is 11.7 Å². The number of aromatic nitrogens is 2. The van der Waals surface area contributed by atoms with Crippen LogP contribution in [0.4, 0.5) is 4.39 Å². The van der Waals surface area contributed by atoms with Gasteiger partial charge in [-0.15, -0.1) is 5.10 Å². The van der Waals surface area contributed by atoms with Crippen LogP contribution in [0, 0.1) is 19.7 Å². The average Bonchev–Trinajstić information content (AvgIpc) is 3.20. The molecule has 0 amide bonds. The van der Waals surface area contributed by atoms with Crippen molar-refractivity contribution in [1.82, 2.24) is 14.5 Å². The largest absolute Gasteiger partial charge is 0.491 e. The van der Waals surface area contributed by atoms with E-state index in [-0.39, 0.29) is 40.9 Å². The van der Waals surface area contributed by atoms with Gasteiger partial charge in [-0.05, 0) is 42.7 Å². The number of ether oxygens (including phenoxy) is 2. The molecule has 0 radical (unpaired) electrons. The molecule has 0 saturated heterocycles. The Morgan fingerprint density at radius 1 is 1.31 bits per heavy atom. The summed E-state index contributed by atoms with van der Waals surface area (Å²) in [6, 6.07) is 4.07. The summed E-state index contributed by atoms with van der Waals surface area (Å²) in [6.45, 7) is 4.76. The Kier molecular flexibility index (Phi) is 6.95. The summed E-state index contributed by atoms with van der Waals surface area (Å²) in [4.78, 5) is 23.9. The number of halogens is 2. The highest BCUT2D eigenvalue weighted by Crippen LogP contribution is 2.44. The van der Waals surface area contributed by atoms with E-state index < -0.39 is 44.4 Å². The van der Waals surface area contributed by atoms with E-state index >= 15 is 4.39 Å². The van der Waals surface area contributed by atoms with Crippen LogP contribution < -0.4 is 10.5 Å². The van der Waals surface area contributed by atoms with Crippen LogP contribution in [-0.2, 0) is 14.8 Å². The first-order valence-electron chi connectivity index (χ1n) is 10.8. The molecule has 13 heteroatoms. The fourth-order valence-corrected chi connectivity index (χ4v) is 6.57. The van der Waals surface area contributed by atoms with Crippen molar-refractivity contribution in [2.24, 2.45) is 0 Å². The molecule has 3 aromatic rings. The maximum absolute atomic E-state index is 15.1. The molecular formula is C23H23ClFN3O7S. The third-order valence-electron chi connectivity index (χ3n) is 6.24. The van der Waals surface area contributed by atoms with Crippen molar-refractivity contribution >= 4 is 27.6 Å². The van der Waals surface area contributed by atoms with E-state index in [0.29, 0.717) is 5.56 Å². The van der Waals surface area contributed by atoms with Crippen molar-refractivity contribution in [1.29, 1.82) is 0 Å². The van der Waals surface area contributed by atoms with E-state index in [0.717, 1.165) is 23.0 Å². The van der Waals surface area contributed by atoms with Crippen LogP contribution in [0.3, 0.4) is 0 Å². The molecule has 2 heterocycles. The minimum atomic E-state index is -4.54. The number of hydrogen-bond acceptors (Lipinski definition) is 8. The standard InChI is InChI=1S/C23H23ClFN3O7S/c1-11-5-6-16(25)18(12(11)2)13(3)19(21-26-27-23(30)35-21)28-7-8-34-17-10-14(24)9-15(22(29)33-4)20(17)36(28,31)32/h5-6,9-10,13,19H,7-8H2,1-4H3,(H,27,30)/t13-,19+/m1/s1. The molecule has 1 aliphatic heterocycles. The van der Waals surface area contributed by atoms with Crippen molar-refractivity contribution in [2.75, 3.05) is 20.3 Å². The van der Waals surface area contributed by atoms with Crippen LogP contribution in [0.5, 0.6) is 5.75 Å². The number of methoxy groups -OCH3 is 1. The van der Waals surface area contributed by atoms with Crippen LogP contribution in [0.2, 0.25) is 5.02 Å². The monoisotopic (exact) mass is 539 g/mol. The summed E-state index contributed by atoms with van der Waals surface area (Å²) < 4.78 is 60.0. The van der Waals surface area contributed by atoms with Gasteiger partial charge in [0.05, 0.1) is 12.7 Å². The number of aryl methyl sites for hydroxylation is 1. The van der Waals surface area contributed by atoms with Gasteiger partial charge in [0, 0.05) is 23.6 Å². The predicted octanol–water partition coefficient (Wildman–Crippen LogP) is 3.49. The molecule has 0 saturated carbocycles. The molecule has 36 heavy (non-hydrogen) atoms. The van der Waals surface area contributed by atoms with Gasteiger partial charge in [0.1, 0.15) is 29.1 Å². The minimum Gasteiger partial charge on any atom is -0.491 e. The quantitative estimate of drug-likeness (QED) is 0.487. The molecule has 4 rings (SSSR count). The van der Waals surface area contributed by atoms with Gasteiger partial charge in [0.25, 0.3) is 0 Å². The Morgan fingerprint density at radius 2 is 2.03 bits per heavy atom. The predicted molar refractivity (Wildman–Crippen MR) is 126 cm³/mol. The lowest BCUT2D eigenvalue weighted by atomic mass is 9.87. The summed E-state index contributed by atoms with van der Waals surface area (Å²) in [5.41, 5.74) is 1.29. The number of H-pyrrole nitrogens is 1. The normalized spacial score (nSPS) is 16.9. The lowest BCUT2D eigenvalue weighted by Crippen LogP contribution is -2.39. The second-order valence-electron chi connectivity index (χ2n) is 8.32. The van der Waals surface area contributed by atoms with E-state index in [1.165, 1.54) is 12.1 Å². The number of nitrogens with zero attached hydrogens (tertiary/aromatic N) is 2. The smallest absolute Gasteiger partial charge is 0.434 e. The van der Waals surface area contributed by atoms with Crippen molar-refractivity contribution in [3.8, 4) is 5.75 Å². The van der Waals surface area contributed by atoms with Crippen LogP contribution in [0.1, 0.15) is 51.8 Å². The third kappa shape index (κ3) is 4.40. The van der Waals surface area contributed by atoms with E-state index in [1.807, 2.05) is 0 Å². The van der Waals surface area contributed by atoms with Crippen molar-refractivity contribution in [3.05, 3.63) is 73.8 Å². The highest BCUT2D eigenvalue weighted by molar-refractivity contribution is 7.89. The molecule has 0 spiro atoms. The fraction of sp³-hybridized carbons (Fsp3) is 0.348. The number of sulfonamides is 1. The molecule has 0 bridgehead atoms. The molecule has 2 aromatic carbocycles. The number of hydrogen-bond donors (Lipinski definition) is 1. The van der Waals surface area contributed by atoms with Gasteiger partial charge in [0.15, 0.2) is 0 Å². The molecule has 192 valence electrons. The number of aromatic amines is 1. The average molecular weight is 540 g/mol. The summed E-state index contributed by atoms with van der Waals surface area (Å²) in [6.07, 6.45) is 0. The van der Waals surface area contributed by atoms with Gasteiger partial charge in [-0.1, -0.05) is 24.6 Å². The Labute approximate surface area is 211 Å². The molecule has 1 aliphatic rings. The molecule has 1 aromatic heterocycles. The van der Waals surface area contributed by atoms with E-state index in [4.69, 9.17) is 25.5 Å². The number of nitrogens with one attached hydrogen (secondary N) is 1. The van der Waals surface area contributed by atoms with Gasteiger partial charge in [-0.2, -0.15) is 4.31 Å². The number of carbonyl (C=O) groups is 1. The van der Waals surface area contributed by atoms with Crippen LogP contribution in [-0.4, -0.2) is 49.2 Å². The molecule has 10 nitrogen and oxygen atoms in total. The fourth-order valence-electron chi connectivity index (χ4n) is 4.45. The Balaban J connectivity index is 1.97. The minimum absolute atomic E-state index is 0.0680. The van der Waals surface area contributed by atoms with Gasteiger partial charge < -0.3 is 13.9 Å². The molecule has 2 atom stereocenters. The van der Waals surface area contributed by atoms with Gasteiger partial charge in [-0.3, -0.25) is 0 Å². The second-order valence-corrected chi connectivity index (χ2v) is 10.6. The molecular weight excluding hydrogens is 517 g/mol. The Bertz CT molecular complexity index is 1500. The maximum atomic E-state index is 15.1.